The molecule has 1 aliphatic rings. The molecule has 2 atom stereocenters. The standard InChI is InChI=1S/C17H19FN2O/c1-11-6-7-15(18)14(10-11)17(20-19)13-8-9-21-16-5-3-2-4-12(13)16/h2-7,10,13,17,20H,8-9,19H2,1H3. The van der Waals surface area contributed by atoms with E-state index in [2.05, 4.69) is 5.43 Å². The number of hydrogen-bond donors (Lipinski definition) is 2. The van der Waals surface area contributed by atoms with Crippen LogP contribution in [0.1, 0.15) is 35.1 Å². The first-order valence-electron chi connectivity index (χ1n) is 7.14. The van der Waals surface area contributed by atoms with Crippen molar-refractivity contribution in [1.29, 1.82) is 0 Å². The average Bonchev–Trinajstić information content (AvgIpc) is 2.51. The smallest absolute Gasteiger partial charge is 0.128 e. The molecule has 0 saturated heterocycles. The third-order valence-corrected chi connectivity index (χ3v) is 4.07. The maximum absolute atomic E-state index is 14.2. The Morgan fingerprint density at radius 1 is 1.29 bits per heavy atom. The number of para-hydroxylation sites is 1. The summed E-state index contributed by atoms with van der Waals surface area (Å²) in [5, 5.41) is 0. The zero-order valence-electron chi connectivity index (χ0n) is 12.0. The number of aryl methyl sites for hydroxylation is 1. The summed E-state index contributed by atoms with van der Waals surface area (Å²) in [6.45, 7) is 2.57. The van der Waals surface area contributed by atoms with Crippen LogP contribution in [0.15, 0.2) is 42.5 Å². The van der Waals surface area contributed by atoms with E-state index in [-0.39, 0.29) is 17.8 Å². The van der Waals surface area contributed by atoms with E-state index >= 15 is 0 Å². The van der Waals surface area contributed by atoms with Crippen LogP contribution in [0.3, 0.4) is 0 Å². The molecule has 21 heavy (non-hydrogen) atoms. The van der Waals surface area contributed by atoms with Crippen LogP contribution >= 0.6 is 0 Å². The first-order valence-corrected chi connectivity index (χ1v) is 7.14. The van der Waals surface area contributed by atoms with Gasteiger partial charge in [-0.2, -0.15) is 0 Å². The Balaban J connectivity index is 2.03. The van der Waals surface area contributed by atoms with Gasteiger partial charge < -0.3 is 4.74 Å². The number of nitrogens with two attached hydrogens (primary N) is 1. The van der Waals surface area contributed by atoms with E-state index in [4.69, 9.17) is 10.6 Å². The molecule has 4 heteroatoms. The Morgan fingerprint density at radius 3 is 2.90 bits per heavy atom. The van der Waals surface area contributed by atoms with Gasteiger partial charge in [0.2, 0.25) is 0 Å². The minimum atomic E-state index is -0.269. The second-order valence-electron chi connectivity index (χ2n) is 5.45. The first kappa shape index (κ1) is 14.0. The Bertz CT molecular complexity index is 644. The summed E-state index contributed by atoms with van der Waals surface area (Å²) in [7, 11) is 0. The first-order chi connectivity index (χ1) is 10.2. The number of benzene rings is 2. The lowest BCUT2D eigenvalue weighted by molar-refractivity contribution is 0.245. The Morgan fingerprint density at radius 2 is 2.10 bits per heavy atom. The highest BCUT2D eigenvalue weighted by Crippen LogP contribution is 2.41. The molecule has 0 saturated carbocycles. The minimum absolute atomic E-state index is 0.0937. The van der Waals surface area contributed by atoms with Crippen LogP contribution in [0.25, 0.3) is 0 Å². The molecule has 2 aromatic carbocycles. The van der Waals surface area contributed by atoms with Gasteiger partial charge >= 0.3 is 0 Å². The van der Waals surface area contributed by atoms with Crippen molar-refractivity contribution in [2.75, 3.05) is 6.61 Å². The minimum Gasteiger partial charge on any atom is -0.493 e. The van der Waals surface area contributed by atoms with Crippen molar-refractivity contribution in [3.8, 4) is 5.75 Å². The number of halogens is 1. The summed E-state index contributed by atoms with van der Waals surface area (Å²) in [4.78, 5) is 0. The van der Waals surface area contributed by atoms with Crippen LogP contribution in [0.4, 0.5) is 4.39 Å². The lowest BCUT2D eigenvalue weighted by Crippen LogP contribution is -2.35. The largest absolute Gasteiger partial charge is 0.493 e. The van der Waals surface area contributed by atoms with E-state index < -0.39 is 0 Å². The van der Waals surface area contributed by atoms with Gasteiger partial charge in [0.05, 0.1) is 12.6 Å². The Kier molecular flexibility index (Phi) is 3.90. The molecule has 0 radical (unpaired) electrons. The molecule has 3 nitrogen and oxygen atoms in total. The normalized spacial score (nSPS) is 18.7. The van der Waals surface area contributed by atoms with Crippen molar-refractivity contribution >= 4 is 0 Å². The molecule has 0 fully saturated rings. The predicted octanol–water partition coefficient (Wildman–Crippen LogP) is 3.20. The zero-order chi connectivity index (χ0) is 14.8. The lowest BCUT2D eigenvalue weighted by Gasteiger charge is -2.32. The highest BCUT2D eigenvalue weighted by atomic mass is 19.1. The van der Waals surface area contributed by atoms with E-state index in [0.29, 0.717) is 12.2 Å². The topological polar surface area (TPSA) is 47.3 Å². The van der Waals surface area contributed by atoms with E-state index in [1.54, 1.807) is 6.07 Å². The van der Waals surface area contributed by atoms with E-state index in [9.17, 15) is 4.39 Å². The molecule has 110 valence electrons. The maximum atomic E-state index is 14.2. The van der Waals surface area contributed by atoms with Gasteiger partial charge in [0, 0.05) is 11.5 Å². The number of hydrogen-bond acceptors (Lipinski definition) is 3. The third kappa shape index (κ3) is 2.64. The van der Waals surface area contributed by atoms with Gasteiger partial charge in [-0.3, -0.25) is 11.3 Å². The summed E-state index contributed by atoms with van der Waals surface area (Å²) >= 11 is 0. The Hall–Kier alpha value is -1.91. The Labute approximate surface area is 123 Å². The zero-order valence-corrected chi connectivity index (χ0v) is 12.0. The molecule has 0 bridgehead atoms. The molecular formula is C17H19FN2O. The van der Waals surface area contributed by atoms with Crippen molar-refractivity contribution in [3.05, 3.63) is 65.0 Å². The molecule has 2 unspecified atom stereocenters. The number of hydrazine groups is 1. The number of rotatable bonds is 3. The molecule has 3 N–H and O–H groups in total. The van der Waals surface area contributed by atoms with Gasteiger partial charge in [-0.1, -0.05) is 35.9 Å². The van der Waals surface area contributed by atoms with Crippen molar-refractivity contribution in [3.63, 3.8) is 0 Å². The van der Waals surface area contributed by atoms with E-state index in [1.807, 2.05) is 37.3 Å². The van der Waals surface area contributed by atoms with Crippen LogP contribution in [0.2, 0.25) is 0 Å². The van der Waals surface area contributed by atoms with Gasteiger partial charge in [0.15, 0.2) is 0 Å². The maximum Gasteiger partial charge on any atom is 0.128 e. The molecule has 1 aliphatic heterocycles. The fourth-order valence-electron chi connectivity index (χ4n) is 3.04. The summed E-state index contributed by atoms with van der Waals surface area (Å²) in [6.07, 6.45) is 0.805. The average molecular weight is 286 g/mol. The van der Waals surface area contributed by atoms with Crippen molar-refractivity contribution in [2.45, 2.75) is 25.3 Å². The van der Waals surface area contributed by atoms with Crippen LogP contribution in [-0.4, -0.2) is 6.61 Å². The van der Waals surface area contributed by atoms with Crippen molar-refractivity contribution in [2.24, 2.45) is 5.84 Å². The van der Waals surface area contributed by atoms with Crippen LogP contribution in [-0.2, 0) is 0 Å². The van der Waals surface area contributed by atoms with E-state index in [1.165, 1.54) is 6.07 Å². The summed E-state index contributed by atoms with van der Waals surface area (Å²) < 4.78 is 19.9. The third-order valence-electron chi connectivity index (χ3n) is 4.07. The quantitative estimate of drug-likeness (QED) is 0.673. The molecule has 0 aromatic heterocycles. The summed E-state index contributed by atoms with van der Waals surface area (Å²) in [5.41, 5.74) is 5.51. The number of nitrogens with one attached hydrogen (secondary N) is 1. The van der Waals surface area contributed by atoms with Crippen molar-refractivity contribution < 1.29 is 9.13 Å². The molecule has 2 aromatic rings. The molecule has 0 aliphatic carbocycles. The fourth-order valence-corrected chi connectivity index (χ4v) is 3.04. The highest BCUT2D eigenvalue weighted by Gasteiger charge is 2.30. The van der Waals surface area contributed by atoms with E-state index in [0.717, 1.165) is 23.3 Å². The predicted molar refractivity (Wildman–Crippen MR) is 80.5 cm³/mol. The monoisotopic (exact) mass is 286 g/mol. The number of fused-ring (bicyclic) bond motifs is 1. The van der Waals surface area contributed by atoms with Gasteiger partial charge in [-0.05, 0) is 31.0 Å². The van der Waals surface area contributed by atoms with Crippen molar-refractivity contribution in [1.82, 2.24) is 5.43 Å². The second kappa shape index (κ2) is 5.84. The van der Waals surface area contributed by atoms with Gasteiger partial charge in [-0.15, -0.1) is 0 Å². The molecule has 3 rings (SSSR count). The lowest BCUT2D eigenvalue weighted by atomic mass is 9.83. The van der Waals surface area contributed by atoms with Gasteiger partial charge in [0.25, 0.3) is 0 Å². The molecule has 0 amide bonds. The molecular weight excluding hydrogens is 267 g/mol. The highest BCUT2D eigenvalue weighted by molar-refractivity contribution is 5.41. The SMILES string of the molecule is Cc1ccc(F)c(C(NN)C2CCOc3ccccc32)c1. The summed E-state index contributed by atoms with van der Waals surface area (Å²) in [6, 6.07) is 12.7. The van der Waals surface area contributed by atoms with Crippen LogP contribution in [0.5, 0.6) is 5.75 Å². The summed E-state index contributed by atoms with van der Waals surface area (Å²) in [5.74, 6) is 6.48. The number of ether oxygens (including phenoxy) is 1. The molecule has 0 spiro atoms. The van der Waals surface area contributed by atoms with Gasteiger partial charge in [0.1, 0.15) is 11.6 Å². The second-order valence-corrected chi connectivity index (χ2v) is 5.45. The fraction of sp³-hybridized carbons (Fsp3) is 0.294. The van der Waals surface area contributed by atoms with Crippen LogP contribution in [0, 0.1) is 12.7 Å². The van der Waals surface area contributed by atoms with Crippen LogP contribution < -0.4 is 16.0 Å². The molecule has 1 heterocycles. The van der Waals surface area contributed by atoms with Gasteiger partial charge in [-0.25, -0.2) is 4.39 Å².